The molecule has 196 valence electrons. The van der Waals surface area contributed by atoms with Crippen molar-refractivity contribution in [1.29, 1.82) is 0 Å². The number of primary amides is 1. The van der Waals surface area contributed by atoms with E-state index in [4.69, 9.17) is 5.73 Å². The van der Waals surface area contributed by atoms with Crippen LogP contribution in [0, 0.1) is 0 Å². The highest BCUT2D eigenvalue weighted by molar-refractivity contribution is 6.25. The second-order valence-corrected chi connectivity index (χ2v) is 8.42. The quantitative estimate of drug-likeness (QED) is 0.320. The highest BCUT2D eigenvalue weighted by Crippen LogP contribution is 2.42. The number of benzene rings is 2. The molecule has 0 spiro atoms. The number of pyridine rings is 1. The number of carbonyl (C=O) groups is 2. The average Bonchev–Trinajstić information content (AvgIpc) is 3.63. The molecule has 0 fully saturated rings. The summed E-state index contributed by atoms with van der Waals surface area (Å²) < 4.78 is 71.9. The molecule has 2 aromatic carbocycles. The minimum Gasteiger partial charge on any atom is -0.365 e. The van der Waals surface area contributed by atoms with Gasteiger partial charge < -0.3 is 11.1 Å². The van der Waals surface area contributed by atoms with Crippen LogP contribution in [-0.4, -0.2) is 41.6 Å². The van der Waals surface area contributed by atoms with Crippen LogP contribution >= 0.6 is 0 Å². The summed E-state index contributed by atoms with van der Waals surface area (Å²) in [5, 5.41) is 14.8. The number of rotatable bonds is 5. The zero-order valence-electron chi connectivity index (χ0n) is 19.2. The van der Waals surface area contributed by atoms with Crippen molar-refractivity contribution in [2.24, 2.45) is 5.73 Å². The van der Waals surface area contributed by atoms with E-state index in [1.165, 1.54) is 42.7 Å². The lowest BCUT2D eigenvalue weighted by Gasteiger charge is -2.14. The van der Waals surface area contributed by atoms with Gasteiger partial charge in [0, 0.05) is 33.8 Å². The molecule has 0 radical (unpaired) electrons. The van der Waals surface area contributed by atoms with Gasteiger partial charge in [-0.25, -0.2) is 18.4 Å². The minimum atomic E-state index is -5.15. The fraction of sp³-hybridized carbons (Fsp3) is 0.0833. The molecule has 0 atom stereocenters. The molecule has 0 saturated carbocycles. The van der Waals surface area contributed by atoms with Gasteiger partial charge in [0.15, 0.2) is 11.5 Å². The molecule has 10 nitrogen and oxygen atoms in total. The van der Waals surface area contributed by atoms with Crippen molar-refractivity contribution in [1.82, 2.24) is 29.8 Å². The van der Waals surface area contributed by atoms with Gasteiger partial charge in [-0.05, 0) is 24.3 Å². The molecular weight excluding hydrogens is 527 g/mol. The number of nitrogens with two attached hydrogens (primary N) is 1. The Bertz CT molecular complexity index is 1810. The molecule has 1 aliphatic heterocycles. The maximum Gasteiger partial charge on any atom is 0.434 e. The summed E-state index contributed by atoms with van der Waals surface area (Å²) in [5.41, 5.74) is 1.72. The number of halogens is 5. The van der Waals surface area contributed by atoms with E-state index < -0.39 is 46.9 Å². The molecule has 3 aromatic heterocycles. The highest BCUT2D eigenvalue weighted by Gasteiger charge is 2.43. The van der Waals surface area contributed by atoms with E-state index in [1.54, 1.807) is 0 Å². The summed E-state index contributed by atoms with van der Waals surface area (Å²) >= 11 is 0. The molecule has 6 rings (SSSR count). The van der Waals surface area contributed by atoms with Gasteiger partial charge in [0.1, 0.15) is 5.69 Å². The summed E-state index contributed by atoms with van der Waals surface area (Å²) in [6.07, 6.45) is -4.84. The SMILES string of the molecule is NC(=O)c1c(-c2cnc(-n3nccn3)c(C(F)F)c2)nn(-c2ccc3c4c(cccc24)C(=O)N3)c1C(F)(F)F. The lowest BCUT2D eigenvalue weighted by atomic mass is 10.0. The Labute approximate surface area is 213 Å². The van der Waals surface area contributed by atoms with Gasteiger partial charge in [0.25, 0.3) is 18.2 Å². The lowest BCUT2D eigenvalue weighted by molar-refractivity contribution is -0.143. The number of nitrogens with one attached hydrogen (secondary N) is 1. The molecular formula is C24H13F5N8O2. The van der Waals surface area contributed by atoms with Crippen molar-refractivity contribution < 1.29 is 31.5 Å². The second-order valence-electron chi connectivity index (χ2n) is 8.42. The Balaban J connectivity index is 1.65. The first-order valence-electron chi connectivity index (χ1n) is 11.1. The number of nitrogens with zero attached hydrogens (tertiary/aromatic N) is 6. The highest BCUT2D eigenvalue weighted by atomic mass is 19.4. The molecule has 3 N–H and O–H groups in total. The molecule has 0 aliphatic carbocycles. The molecule has 0 bridgehead atoms. The third-order valence-corrected chi connectivity index (χ3v) is 6.15. The van der Waals surface area contributed by atoms with Crippen LogP contribution in [0.1, 0.15) is 38.4 Å². The van der Waals surface area contributed by atoms with Gasteiger partial charge in [-0.2, -0.15) is 28.5 Å². The Hall–Kier alpha value is -5.21. The number of aromatic nitrogens is 6. The van der Waals surface area contributed by atoms with Crippen molar-refractivity contribution in [2.45, 2.75) is 12.6 Å². The summed E-state index contributed by atoms with van der Waals surface area (Å²) in [6, 6.07) is 8.04. The molecule has 15 heteroatoms. The van der Waals surface area contributed by atoms with E-state index in [9.17, 15) is 31.5 Å². The molecule has 0 unspecified atom stereocenters. The van der Waals surface area contributed by atoms with Crippen LogP contribution in [-0.2, 0) is 6.18 Å². The number of alkyl halides is 5. The zero-order valence-corrected chi connectivity index (χ0v) is 19.2. The normalized spacial score (nSPS) is 12.9. The van der Waals surface area contributed by atoms with Crippen LogP contribution in [0.2, 0.25) is 0 Å². The van der Waals surface area contributed by atoms with Crippen LogP contribution in [0.3, 0.4) is 0 Å². The minimum absolute atomic E-state index is 0.118. The Kier molecular flexibility index (Phi) is 5.20. The van der Waals surface area contributed by atoms with Gasteiger partial charge in [-0.15, -0.1) is 4.80 Å². The number of hydrogen-bond donors (Lipinski definition) is 2. The van der Waals surface area contributed by atoms with Crippen LogP contribution in [0.5, 0.6) is 0 Å². The van der Waals surface area contributed by atoms with Gasteiger partial charge in [0.05, 0.1) is 29.2 Å². The Morgan fingerprint density at radius 1 is 1.08 bits per heavy atom. The van der Waals surface area contributed by atoms with Crippen LogP contribution in [0.25, 0.3) is 33.5 Å². The summed E-state index contributed by atoms with van der Waals surface area (Å²) in [5.74, 6) is -2.28. The third-order valence-electron chi connectivity index (χ3n) is 6.15. The van der Waals surface area contributed by atoms with E-state index in [1.807, 2.05) is 0 Å². The largest absolute Gasteiger partial charge is 0.434 e. The maximum atomic E-state index is 14.5. The number of carbonyl (C=O) groups excluding carboxylic acids is 2. The van der Waals surface area contributed by atoms with Crippen molar-refractivity contribution in [3.05, 3.63) is 77.4 Å². The van der Waals surface area contributed by atoms with Gasteiger partial charge >= 0.3 is 6.18 Å². The summed E-state index contributed by atoms with van der Waals surface area (Å²) in [6.45, 7) is 0. The molecule has 0 saturated heterocycles. The second kappa shape index (κ2) is 8.41. The zero-order chi connectivity index (χ0) is 27.6. The van der Waals surface area contributed by atoms with E-state index in [2.05, 4.69) is 25.6 Å². The van der Waals surface area contributed by atoms with E-state index in [0.29, 0.717) is 15.8 Å². The molecule has 5 aromatic rings. The van der Waals surface area contributed by atoms with E-state index in [-0.39, 0.29) is 28.0 Å². The van der Waals surface area contributed by atoms with Crippen molar-refractivity contribution >= 4 is 28.3 Å². The number of hydrogen-bond acceptors (Lipinski definition) is 6. The third kappa shape index (κ3) is 3.69. The molecule has 4 heterocycles. The molecule has 1 aliphatic rings. The van der Waals surface area contributed by atoms with Gasteiger partial charge in [-0.1, -0.05) is 12.1 Å². The maximum absolute atomic E-state index is 14.5. The Morgan fingerprint density at radius 2 is 1.82 bits per heavy atom. The summed E-state index contributed by atoms with van der Waals surface area (Å²) in [7, 11) is 0. The van der Waals surface area contributed by atoms with Gasteiger partial charge in [-0.3, -0.25) is 9.59 Å². The Morgan fingerprint density at radius 3 is 2.49 bits per heavy atom. The standard InChI is InChI=1S/C24H13F5N8O2/c25-20(26)13-8-10(9-31-22(13)37-32-6-7-33-37)18-17(21(30)38)19(24(27,28)29)36(35-18)15-5-4-14-16-11(15)2-1-3-12(16)23(39)34-14/h1-9,20H,(H2,30,38)(H,34,39). The monoisotopic (exact) mass is 540 g/mol. The fourth-order valence-corrected chi connectivity index (χ4v) is 4.61. The predicted octanol–water partition coefficient (Wildman–Crippen LogP) is 4.29. The lowest BCUT2D eigenvalue weighted by Crippen LogP contribution is -2.21. The molecule has 2 amide bonds. The van der Waals surface area contributed by atoms with Crippen molar-refractivity contribution in [2.75, 3.05) is 5.32 Å². The summed E-state index contributed by atoms with van der Waals surface area (Å²) in [4.78, 5) is 29.5. The predicted molar refractivity (Wildman–Crippen MR) is 126 cm³/mol. The van der Waals surface area contributed by atoms with Gasteiger partial charge in [0.2, 0.25) is 0 Å². The van der Waals surface area contributed by atoms with Crippen molar-refractivity contribution in [3.8, 4) is 22.8 Å². The first-order chi connectivity index (χ1) is 18.6. The topological polar surface area (TPSA) is 134 Å². The van der Waals surface area contributed by atoms with Crippen molar-refractivity contribution in [3.63, 3.8) is 0 Å². The van der Waals surface area contributed by atoms with Crippen LogP contribution in [0.4, 0.5) is 27.6 Å². The van der Waals surface area contributed by atoms with E-state index >= 15 is 0 Å². The molecule has 39 heavy (non-hydrogen) atoms. The van der Waals surface area contributed by atoms with Crippen LogP contribution in [0.15, 0.2) is 55.0 Å². The first-order valence-corrected chi connectivity index (χ1v) is 11.1. The smallest absolute Gasteiger partial charge is 0.365 e. The van der Waals surface area contributed by atoms with E-state index in [0.717, 1.165) is 17.1 Å². The van der Waals surface area contributed by atoms with Crippen LogP contribution < -0.4 is 11.1 Å². The first kappa shape index (κ1) is 24.1. The number of anilines is 1. The fourth-order valence-electron chi connectivity index (χ4n) is 4.61. The average molecular weight is 540 g/mol. The number of amides is 2.